The zero-order valence-corrected chi connectivity index (χ0v) is 10.9. The van der Waals surface area contributed by atoms with E-state index in [1.165, 1.54) is 0 Å². The molecular formula is C12H24N2O2. The summed E-state index contributed by atoms with van der Waals surface area (Å²) in [5, 5.41) is 3.33. The summed E-state index contributed by atoms with van der Waals surface area (Å²) >= 11 is 0. The first-order valence-electron chi connectivity index (χ1n) is 6.13. The number of nitrogens with zero attached hydrogens (tertiary/aromatic N) is 1. The van der Waals surface area contributed by atoms with E-state index < -0.39 is 0 Å². The van der Waals surface area contributed by atoms with E-state index in [1.807, 2.05) is 11.8 Å². The standard InChI is InChI=1S/C12H24N2O2/c1-5-16-11(15)14(12(2,3)4)10-7-6-8-13-9-10/h10,13H,5-9H2,1-4H3/t10-/m1/s1. The van der Waals surface area contributed by atoms with E-state index in [-0.39, 0.29) is 17.7 Å². The second kappa shape index (κ2) is 5.53. The van der Waals surface area contributed by atoms with Gasteiger partial charge in [0.2, 0.25) is 0 Å². The second-order valence-corrected chi connectivity index (χ2v) is 5.24. The minimum atomic E-state index is -0.191. The van der Waals surface area contributed by atoms with E-state index in [9.17, 15) is 4.79 Å². The number of piperidine rings is 1. The first-order chi connectivity index (χ1) is 7.46. The van der Waals surface area contributed by atoms with E-state index >= 15 is 0 Å². The van der Waals surface area contributed by atoms with Gasteiger partial charge in [-0.1, -0.05) is 0 Å². The molecule has 94 valence electrons. The van der Waals surface area contributed by atoms with Crippen molar-refractivity contribution in [2.45, 2.75) is 52.1 Å². The van der Waals surface area contributed by atoms with Crippen molar-refractivity contribution >= 4 is 6.09 Å². The van der Waals surface area contributed by atoms with Crippen molar-refractivity contribution < 1.29 is 9.53 Å². The molecule has 1 fully saturated rings. The minimum absolute atomic E-state index is 0.185. The largest absolute Gasteiger partial charge is 0.450 e. The molecule has 1 atom stereocenters. The first-order valence-corrected chi connectivity index (χ1v) is 6.13. The number of rotatable bonds is 2. The maximum atomic E-state index is 12.0. The van der Waals surface area contributed by atoms with Gasteiger partial charge in [-0.3, -0.25) is 4.90 Å². The lowest BCUT2D eigenvalue weighted by atomic mass is 9.99. The number of nitrogens with one attached hydrogen (secondary N) is 1. The van der Waals surface area contributed by atoms with Crippen molar-refractivity contribution in [2.24, 2.45) is 0 Å². The molecule has 1 aliphatic rings. The predicted molar refractivity (Wildman–Crippen MR) is 64.5 cm³/mol. The van der Waals surface area contributed by atoms with Crippen molar-refractivity contribution in [3.05, 3.63) is 0 Å². The average Bonchev–Trinajstić information content (AvgIpc) is 2.17. The summed E-state index contributed by atoms with van der Waals surface area (Å²) in [6.45, 7) is 10.4. The molecule has 0 saturated carbocycles. The summed E-state index contributed by atoms with van der Waals surface area (Å²) in [5.41, 5.74) is -0.185. The lowest BCUT2D eigenvalue weighted by molar-refractivity contribution is 0.0399. The topological polar surface area (TPSA) is 41.6 Å². The Hall–Kier alpha value is -0.770. The Morgan fingerprint density at radius 3 is 2.62 bits per heavy atom. The fourth-order valence-corrected chi connectivity index (χ4v) is 2.22. The van der Waals surface area contributed by atoms with Crippen LogP contribution in [0.5, 0.6) is 0 Å². The van der Waals surface area contributed by atoms with Gasteiger partial charge in [0.1, 0.15) is 0 Å². The van der Waals surface area contributed by atoms with Crippen LogP contribution in [-0.4, -0.2) is 42.3 Å². The lowest BCUT2D eigenvalue weighted by Gasteiger charge is -2.42. The Labute approximate surface area is 98.3 Å². The summed E-state index contributed by atoms with van der Waals surface area (Å²) in [4.78, 5) is 13.8. The van der Waals surface area contributed by atoms with Crippen LogP contribution in [0.15, 0.2) is 0 Å². The molecule has 1 saturated heterocycles. The molecule has 0 bridgehead atoms. The van der Waals surface area contributed by atoms with E-state index in [4.69, 9.17) is 4.74 Å². The highest BCUT2D eigenvalue weighted by molar-refractivity contribution is 5.69. The van der Waals surface area contributed by atoms with Gasteiger partial charge in [0.05, 0.1) is 6.61 Å². The molecule has 1 heterocycles. The molecule has 0 spiro atoms. The van der Waals surface area contributed by atoms with Gasteiger partial charge in [-0.25, -0.2) is 4.79 Å². The third-order valence-electron chi connectivity index (χ3n) is 2.82. The van der Waals surface area contributed by atoms with Crippen LogP contribution < -0.4 is 5.32 Å². The van der Waals surface area contributed by atoms with E-state index in [0.717, 1.165) is 25.9 Å². The average molecular weight is 228 g/mol. The van der Waals surface area contributed by atoms with Gasteiger partial charge in [0.25, 0.3) is 0 Å². The van der Waals surface area contributed by atoms with Crippen molar-refractivity contribution in [3.8, 4) is 0 Å². The van der Waals surface area contributed by atoms with Crippen molar-refractivity contribution in [1.29, 1.82) is 0 Å². The Kier molecular flexibility index (Phi) is 4.59. The quantitative estimate of drug-likeness (QED) is 0.786. The van der Waals surface area contributed by atoms with E-state index in [1.54, 1.807) is 0 Å². The highest BCUT2D eigenvalue weighted by Crippen LogP contribution is 2.22. The van der Waals surface area contributed by atoms with Crippen LogP contribution in [0.4, 0.5) is 4.79 Å². The number of hydrogen-bond donors (Lipinski definition) is 1. The highest BCUT2D eigenvalue weighted by Gasteiger charge is 2.34. The fraction of sp³-hybridized carbons (Fsp3) is 0.917. The van der Waals surface area contributed by atoms with Crippen molar-refractivity contribution in [2.75, 3.05) is 19.7 Å². The van der Waals surface area contributed by atoms with Crippen molar-refractivity contribution in [3.63, 3.8) is 0 Å². The monoisotopic (exact) mass is 228 g/mol. The van der Waals surface area contributed by atoms with Gasteiger partial charge in [0.15, 0.2) is 0 Å². The molecule has 1 N–H and O–H groups in total. The van der Waals surface area contributed by atoms with Crippen LogP contribution in [0.1, 0.15) is 40.5 Å². The smallest absolute Gasteiger partial charge is 0.410 e. The van der Waals surface area contributed by atoms with Gasteiger partial charge in [0, 0.05) is 18.1 Å². The van der Waals surface area contributed by atoms with Crippen LogP contribution in [0.3, 0.4) is 0 Å². The number of ether oxygens (including phenoxy) is 1. The zero-order chi connectivity index (χ0) is 12.2. The molecule has 1 aliphatic heterocycles. The Bertz CT molecular complexity index is 230. The molecule has 0 radical (unpaired) electrons. The zero-order valence-electron chi connectivity index (χ0n) is 10.9. The summed E-state index contributed by atoms with van der Waals surface area (Å²) in [7, 11) is 0. The van der Waals surface area contributed by atoms with Gasteiger partial charge >= 0.3 is 6.09 Å². The second-order valence-electron chi connectivity index (χ2n) is 5.24. The summed E-state index contributed by atoms with van der Waals surface area (Å²) in [6, 6.07) is 0.257. The molecular weight excluding hydrogens is 204 g/mol. The molecule has 0 aromatic heterocycles. The Morgan fingerprint density at radius 2 is 2.19 bits per heavy atom. The summed E-state index contributed by atoms with van der Waals surface area (Å²) in [6.07, 6.45) is 1.99. The third-order valence-corrected chi connectivity index (χ3v) is 2.82. The molecule has 0 aromatic carbocycles. The molecule has 16 heavy (non-hydrogen) atoms. The number of carbonyl (C=O) groups excluding carboxylic acids is 1. The number of amides is 1. The predicted octanol–water partition coefficient (Wildman–Crippen LogP) is 2.00. The maximum Gasteiger partial charge on any atom is 0.410 e. The molecule has 4 heteroatoms. The minimum Gasteiger partial charge on any atom is -0.450 e. The molecule has 0 aliphatic carbocycles. The fourth-order valence-electron chi connectivity index (χ4n) is 2.22. The van der Waals surface area contributed by atoms with Crippen LogP contribution in [0.25, 0.3) is 0 Å². The molecule has 1 rings (SSSR count). The van der Waals surface area contributed by atoms with Gasteiger partial charge in [-0.2, -0.15) is 0 Å². The normalized spacial score (nSPS) is 21.6. The third kappa shape index (κ3) is 3.37. The van der Waals surface area contributed by atoms with Gasteiger partial charge in [-0.05, 0) is 47.1 Å². The highest BCUT2D eigenvalue weighted by atomic mass is 16.6. The number of carbonyl (C=O) groups is 1. The van der Waals surface area contributed by atoms with Gasteiger partial charge < -0.3 is 10.1 Å². The van der Waals surface area contributed by atoms with E-state index in [0.29, 0.717) is 6.61 Å². The lowest BCUT2D eigenvalue weighted by Crippen LogP contribution is -2.56. The molecule has 0 aromatic rings. The van der Waals surface area contributed by atoms with Crippen molar-refractivity contribution in [1.82, 2.24) is 10.2 Å². The van der Waals surface area contributed by atoms with Crippen LogP contribution in [0.2, 0.25) is 0 Å². The Balaban J connectivity index is 2.73. The molecule has 4 nitrogen and oxygen atoms in total. The van der Waals surface area contributed by atoms with Crippen LogP contribution >= 0.6 is 0 Å². The van der Waals surface area contributed by atoms with E-state index in [2.05, 4.69) is 26.1 Å². The molecule has 0 unspecified atom stereocenters. The van der Waals surface area contributed by atoms with Gasteiger partial charge in [-0.15, -0.1) is 0 Å². The van der Waals surface area contributed by atoms with Crippen LogP contribution in [0, 0.1) is 0 Å². The first kappa shape index (κ1) is 13.3. The maximum absolute atomic E-state index is 12.0. The van der Waals surface area contributed by atoms with Crippen LogP contribution in [-0.2, 0) is 4.74 Å². The summed E-state index contributed by atoms with van der Waals surface area (Å²) < 4.78 is 5.14. The molecule has 1 amide bonds. The summed E-state index contributed by atoms with van der Waals surface area (Å²) in [5.74, 6) is 0. The Morgan fingerprint density at radius 1 is 1.50 bits per heavy atom. The SMILES string of the molecule is CCOC(=O)N([C@@H]1CCCNC1)C(C)(C)C. The number of hydrogen-bond acceptors (Lipinski definition) is 3.